The number of carbonyl (C=O) groups is 2. The second-order valence-electron chi connectivity index (χ2n) is 7.41. The highest BCUT2D eigenvalue weighted by atomic mass is 32.1. The lowest BCUT2D eigenvalue weighted by Gasteiger charge is -2.40. The van der Waals surface area contributed by atoms with Crippen molar-refractivity contribution < 1.29 is 9.59 Å². The minimum atomic E-state index is -0.590. The van der Waals surface area contributed by atoms with Crippen LogP contribution in [0.25, 0.3) is 0 Å². The van der Waals surface area contributed by atoms with Crippen molar-refractivity contribution in [2.24, 2.45) is 0 Å². The molecule has 154 valence electrons. The van der Waals surface area contributed by atoms with Crippen LogP contribution < -0.4 is 5.32 Å². The van der Waals surface area contributed by atoms with Crippen LogP contribution in [-0.2, 0) is 16.0 Å². The predicted molar refractivity (Wildman–Crippen MR) is 124 cm³/mol. The van der Waals surface area contributed by atoms with Crippen molar-refractivity contribution in [2.75, 3.05) is 12.3 Å². The zero-order chi connectivity index (χ0) is 20.9. The molecule has 2 amide bonds. The van der Waals surface area contributed by atoms with Gasteiger partial charge in [-0.05, 0) is 22.6 Å². The van der Waals surface area contributed by atoms with Crippen LogP contribution in [0.1, 0.15) is 21.9 Å². The summed E-state index contributed by atoms with van der Waals surface area (Å²) in [6.07, 6.45) is 0.519. The third kappa shape index (κ3) is 4.45. The van der Waals surface area contributed by atoms with Crippen LogP contribution in [0.15, 0.2) is 78.2 Å². The first-order valence-corrected chi connectivity index (χ1v) is 11.5. The largest absolute Gasteiger partial charge is 0.342 e. The second kappa shape index (κ2) is 9.49. The number of thiophene rings is 1. The minimum absolute atomic E-state index is 0.0198. The van der Waals surface area contributed by atoms with Gasteiger partial charge in [-0.15, -0.1) is 11.3 Å². The van der Waals surface area contributed by atoms with Gasteiger partial charge in [0.25, 0.3) is 0 Å². The first-order valence-electron chi connectivity index (χ1n) is 10.0. The minimum Gasteiger partial charge on any atom is -0.342 e. The normalized spacial score (nSPS) is 19.2. The molecule has 0 radical (unpaired) electrons. The summed E-state index contributed by atoms with van der Waals surface area (Å²) in [6.45, 7) is 0.445. The lowest BCUT2D eigenvalue weighted by molar-refractivity contribution is -0.148. The van der Waals surface area contributed by atoms with Crippen LogP contribution in [0.3, 0.4) is 0 Å². The van der Waals surface area contributed by atoms with Crippen LogP contribution in [0, 0.1) is 0 Å². The van der Waals surface area contributed by atoms with E-state index in [1.54, 1.807) is 16.2 Å². The molecule has 2 aromatic carbocycles. The van der Waals surface area contributed by atoms with Gasteiger partial charge in [0, 0.05) is 29.5 Å². The van der Waals surface area contributed by atoms with Crippen LogP contribution >= 0.6 is 24.0 Å². The van der Waals surface area contributed by atoms with Gasteiger partial charge in [-0.2, -0.15) is 12.6 Å². The number of thiol groups is 1. The Morgan fingerprint density at radius 3 is 2.10 bits per heavy atom. The number of nitrogens with zero attached hydrogens (tertiary/aromatic N) is 1. The first kappa shape index (κ1) is 20.7. The van der Waals surface area contributed by atoms with E-state index in [0.29, 0.717) is 13.0 Å². The van der Waals surface area contributed by atoms with E-state index in [0.717, 1.165) is 16.0 Å². The Labute approximate surface area is 186 Å². The van der Waals surface area contributed by atoms with Crippen molar-refractivity contribution in [2.45, 2.75) is 24.4 Å². The molecule has 3 aromatic rings. The molecule has 4 nitrogen and oxygen atoms in total. The highest BCUT2D eigenvalue weighted by molar-refractivity contribution is 7.80. The van der Waals surface area contributed by atoms with Gasteiger partial charge in [0.2, 0.25) is 11.8 Å². The average Bonchev–Trinajstić information content (AvgIpc) is 3.30. The maximum absolute atomic E-state index is 13.3. The standard InChI is InChI=1S/C24H24N2O2S2/c27-23-22(14-19-12-7-13-30-19)26(24(28)21(16-29)25-23)15-20(17-8-3-1-4-9-17)18-10-5-2-6-11-18/h1-13,20-22,29H,14-16H2,(H,25,27)/t21?,22-/m0/s1. The summed E-state index contributed by atoms with van der Waals surface area (Å²) < 4.78 is 0. The second-order valence-corrected chi connectivity index (χ2v) is 8.80. The van der Waals surface area contributed by atoms with E-state index in [-0.39, 0.29) is 23.5 Å². The smallest absolute Gasteiger partial charge is 0.246 e. The molecule has 1 unspecified atom stereocenters. The van der Waals surface area contributed by atoms with Gasteiger partial charge in [0.1, 0.15) is 12.1 Å². The maximum atomic E-state index is 13.3. The number of benzene rings is 2. The van der Waals surface area contributed by atoms with Gasteiger partial charge in [-0.1, -0.05) is 66.7 Å². The van der Waals surface area contributed by atoms with Crippen molar-refractivity contribution in [3.63, 3.8) is 0 Å². The van der Waals surface area contributed by atoms with E-state index in [1.807, 2.05) is 53.9 Å². The molecule has 1 aromatic heterocycles. The molecule has 0 bridgehead atoms. The van der Waals surface area contributed by atoms with Gasteiger partial charge in [-0.3, -0.25) is 9.59 Å². The summed E-state index contributed by atoms with van der Waals surface area (Å²) in [5.74, 6) is 0.0901. The third-order valence-corrected chi connectivity index (χ3v) is 6.78. The molecule has 2 heterocycles. The van der Waals surface area contributed by atoms with E-state index in [2.05, 4.69) is 42.2 Å². The fraction of sp³-hybridized carbons (Fsp3) is 0.250. The maximum Gasteiger partial charge on any atom is 0.246 e. The Kier molecular flexibility index (Phi) is 6.55. The Hall–Kier alpha value is -2.57. The Morgan fingerprint density at radius 1 is 0.933 bits per heavy atom. The summed E-state index contributed by atoms with van der Waals surface area (Å²) in [4.78, 5) is 29.1. The molecular weight excluding hydrogens is 412 g/mol. The highest BCUT2D eigenvalue weighted by Gasteiger charge is 2.41. The van der Waals surface area contributed by atoms with Gasteiger partial charge in [-0.25, -0.2) is 0 Å². The highest BCUT2D eigenvalue weighted by Crippen LogP contribution is 2.29. The van der Waals surface area contributed by atoms with E-state index < -0.39 is 12.1 Å². The SMILES string of the molecule is O=C1NC(CS)C(=O)N(CC(c2ccccc2)c2ccccc2)[C@H]1Cc1cccs1. The van der Waals surface area contributed by atoms with Crippen molar-refractivity contribution >= 4 is 35.8 Å². The fourth-order valence-electron chi connectivity index (χ4n) is 3.96. The molecule has 1 aliphatic rings. The molecule has 30 heavy (non-hydrogen) atoms. The molecule has 1 saturated heterocycles. The van der Waals surface area contributed by atoms with Crippen molar-refractivity contribution in [1.82, 2.24) is 10.2 Å². The first-order chi connectivity index (χ1) is 14.7. The topological polar surface area (TPSA) is 49.4 Å². The quantitative estimate of drug-likeness (QED) is 0.554. The van der Waals surface area contributed by atoms with Crippen molar-refractivity contribution in [1.29, 1.82) is 0 Å². The Morgan fingerprint density at radius 2 is 1.57 bits per heavy atom. The number of rotatable bonds is 7. The van der Waals surface area contributed by atoms with E-state index >= 15 is 0 Å². The summed E-state index contributed by atoms with van der Waals surface area (Å²) in [5.41, 5.74) is 2.25. The van der Waals surface area contributed by atoms with Crippen molar-refractivity contribution in [3.8, 4) is 0 Å². The van der Waals surface area contributed by atoms with Gasteiger partial charge < -0.3 is 10.2 Å². The van der Waals surface area contributed by atoms with Crippen LogP contribution in [0.2, 0.25) is 0 Å². The van der Waals surface area contributed by atoms with Crippen LogP contribution in [-0.4, -0.2) is 41.1 Å². The van der Waals surface area contributed by atoms with Gasteiger partial charge in [0.05, 0.1) is 0 Å². The van der Waals surface area contributed by atoms with Crippen LogP contribution in [0.5, 0.6) is 0 Å². The molecule has 0 spiro atoms. The lowest BCUT2D eigenvalue weighted by atomic mass is 9.89. The summed E-state index contributed by atoms with van der Waals surface area (Å²) >= 11 is 5.90. The number of carbonyl (C=O) groups excluding carboxylic acids is 2. The molecule has 1 aliphatic heterocycles. The van der Waals surface area contributed by atoms with Crippen molar-refractivity contribution in [3.05, 3.63) is 94.2 Å². The van der Waals surface area contributed by atoms with Gasteiger partial charge >= 0.3 is 0 Å². The summed E-state index contributed by atoms with van der Waals surface area (Å²) in [7, 11) is 0. The molecule has 4 rings (SSSR count). The number of piperazine rings is 1. The monoisotopic (exact) mass is 436 g/mol. The number of hydrogen-bond donors (Lipinski definition) is 2. The van der Waals surface area contributed by atoms with Crippen LogP contribution in [0.4, 0.5) is 0 Å². The molecule has 0 aliphatic carbocycles. The molecule has 2 atom stereocenters. The number of nitrogens with one attached hydrogen (secondary N) is 1. The predicted octanol–water partition coefficient (Wildman–Crippen LogP) is 3.75. The fourth-order valence-corrected chi connectivity index (χ4v) is 4.95. The molecular formula is C24H24N2O2S2. The third-order valence-electron chi connectivity index (χ3n) is 5.52. The number of hydrogen-bond acceptors (Lipinski definition) is 4. The number of amides is 2. The average molecular weight is 437 g/mol. The molecule has 1 N–H and O–H groups in total. The molecule has 0 saturated carbocycles. The van der Waals surface area contributed by atoms with E-state index in [1.165, 1.54) is 0 Å². The zero-order valence-electron chi connectivity index (χ0n) is 16.5. The molecule has 1 fully saturated rings. The van der Waals surface area contributed by atoms with Gasteiger partial charge in [0.15, 0.2) is 0 Å². The molecule has 6 heteroatoms. The van der Waals surface area contributed by atoms with E-state index in [4.69, 9.17) is 0 Å². The lowest BCUT2D eigenvalue weighted by Crippen LogP contribution is -2.65. The zero-order valence-corrected chi connectivity index (χ0v) is 18.2. The van der Waals surface area contributed by atoms with E-state index in [9.17, 15) is 9.59 Å². The summed E-state index contributed by atoms with van der Waals surface area (Å²) in [6, 6.07) is 23.2. The Balaban J connectivity index is 1.70. The Bertz CT molecular complexity index is 937. The summed E-state index contributed by atoms with van der Waals surface area (Å²) in [5, 5.41) is 4.85.